The number of nitrogens with zero attached hydrogens (tertiary/aromatic N) is 2. The average Bonchev–Trinajstić information content (AvgIpc) is 2.94. The minimum atomic E-state index is -0.470. The minimum absolute atomic E-state index is 0.0738. The lowest BCUT2D eigenvalue weighted by atomic mass is 10.2. The Labute approximate surface area is 154 Å². The predicted molar refractivity (Wildman–Crippen MR) is 105 cm³/mol. The van der Waals surface area contributed by atoms with Gasteiger partial charge in [0.05, 0.1) is 11.4 Å². The Morgan fingerprint density at radius 3 is 2.52 bits per heavy atom. The van der Waals surface area contributed by atoms with Crippen LogP contribution >= 0.6 is 11.8 Å². The van der Waals surface area contributed by atoms with Gasteiger partial charge in [-0.1, -0.05) is 27.7 Å². The Morgan fingerprint density at radius 2 is 1.92 bits per heavy atom. The Hall–Kier alpha value is -1.86. The number of benzene rings is 1. The van der Waals surface area contributed by atoms with Crippen LogP contribution in [0.5, 0.6) is 5.75 Å². The maximum Gasteiger partial charge on any atom is 0.264 e. The number of aliphatic imine (C=N–C) groups is 1. The van der Waals surface area contributed by atoms with Gasteiger partial charge in [0.2, 0.25) is 0 Å². The van der Waals surface area contributed by atoms with Gasteiger partial charge in [-0.25, -0.2) is 4.39 Å². The molecule has 0 radical (unpaired) electrons. The molecule has 0 aromatic heterocycles. The molecule has 1 aliphatic heterocycles. The molecule has 1 saturated heterocycles. The van der Waals surface area contributed by atoms with Crippen LogP contribution in [0.3, 0.4) is 0 Å². The van der Waals surface area contributed by atoms with Crippen LogP contribution in [0.15, 0.2) is 28.1 Å². The number of rotatable bonds is 4. The van der Waals surface area contributed by atoms with E-state index < -0.39 is 5.82 Å². The van der Waals surface area contributed by atoms with Crippen LogP contribution in [-0.2, 0) is 4.79 Å². The molecule has 140 valence electrons. The van der Waals surface area contributed by atoms with Gasteiger partial charge < -0.3 is 15.3 Å². The van der Waals surface area contributed by atoms with Crippen molar-refractivity contribution in [1.82, 2.24) is 10.2 Å². The molecule has 25 heavy (non-hydrogen) atoms. The van der Waals surface area contributed by atoms with Gasteiger partial charge >= 0.3 is 0 Å². The average molecular weight is 370 g/mol. The highest BCUT2D eigenvalue weighted by atomic mass is 32.2. The van der Waals surface area contributed by atoms with Crippen molar-refractivity contribution in [2.75, 3.05) is 27.2 Å². The topological polar surface area (TPSA) is 64.9 Å². The second-order valence-electron chi connectivity index (χ2n) is 4.76. The van der Waals surface area contributed by atoms with Gasteiger partial charge in [0.15, 0.2) is 5.17 Å². The third-order valence-corrected chi connectivity index (χ3v) is 3.68. The number of amides is 1. The number of thioether (sulfide) groups is 1. The van der Waals surface area contributed by atoms with Gasteiger partial charge in [0, 0.05) is 12.1 Å². The van der Waals surface area contributed by atoms with Crippen molar-refractivity contribution >= 4 is 28.9 Å². The highest BCUT2D eigenvalue weighted by Crippen LogP contribution is 2.29. The second-order valence-corrected chi connectivity index (χ2v) is 5.79. The molecule has 1 heterocycles. The lowest BCUT2D eigenvalue weighted by Gasteiger charge is -2.05. The zero-order valence-electron chi connectivity index (χ0n) is 15.8. The fourth-order valence-electron chi connectivity index (χ4n) is 1.64. The number of phenols is 1. The standard InChI is InChI=1S/C14H16FN3O2S.2C2H6/c1-18(2)6-5-16-14-17-13(20)12(21-14)8-9-7-10(15)3-4-11(9)19;2*1-2/h3-4,7-8,19H,5-6H2,1-2H3,(H,16,17,20);2*1-2H3/b12-8+;;. The number of amidine groups is 1. The summed E-state index contributed by atoms with van der Waals surface area (Å²) in [5.41, 5.74) is 0.266. The van der Waals surface area contributed by atoms with Crippen LogP contribution in [0.4, 0.5) is 4.39 Å². The van der Waals surface area contributed by atoms with Gasteiger partial charge in [0.1, 0.15) is 11.6 Å². The molecule has 0 aliphatic carbocycles. The first-order chi connectivity index (χ1) is 12.0. The monoisotopic (exact) mass is 369 g/mol. The Kier molecular flexibility index (Phi) is 11.6. The zero-order valence-corrected chi connectivity index (χ0v) is 16.6. The molecule has 1 aromatic rings. The van der Waals surface area contributed by atoms with Crippen molar-refractivity contribution in [3.63, 3.8) is 0 Å². The molecular formula is C18H28FN3O2S. The molecule has 2 N–H and O–H groups in total. The van der Waals surface area contributed by atoms with E-state index in [4.69, 9.17) is 0 Å². The Balaban J connectivity index is 0.00000134. The lowest BCUT2D eigenvalue weighted by Crippen LogP contribution is -2.21. The summed E-state index contributed by atoms with van der Waals surface area (Å²) in [7, 11) is 3.89. The molecule has 5 nitrogen and oxygen atoms in total. The van der Waals surface area contributed by atoms with E-state index >= 15 is 0 Å². The molecule has 0 spiro atoms. The number of likely N-dealkylation sites (N-methyl/N-ethyl adjacent to an activating group) is 1. The molecule has 0 unspecified atom stereocenters. The normalized spacial score (nSPS) is 16.2. The zero-order chi connectivity index (χ0) is 19.4. The van der Waals surface area contributed by atoms with Crippen LogP contribution < -0.4 is 5.32 Å². The highest BCUT2D eigenvalue weighted by molar-refractivity contribution is 8.18. The second kappa shape index (κ2) is 12.5. The van der Waals surface area contributed by atoms with Gasteiger partial charge in [-0.3, -0.25) is 9.79 Å². The first kappa shape index (κ1) is 23.1. The third-order valence-electron chi connectivity index (χ3n) is 2.73. The molecule has 1 amide bonds. The third kappa shape index (κ3) is 8.18. The fraction of sp³-hybridized carbons (Fsp3) is 0.444. The summed E-state index contributed by atoms with van der Waals surface area (Å²) in [6, 6.07) is 3.59. The van der Waals surface area contributed by atoms with Crippen LogP contribution in [0.25, 0.3) is 6.08 Å². The Bertz CT molecular complexity index is 616. The molecule has 0 atom stereocenters. The number of nitrogens with one attached hydrogen (secondary N) is 1. The number of aromatic hydroxyl groups is 1. The van der Waals surface area contributed by atoms with Crippen molar-refractivity contribution in [2.24, 2.45) is 4.99 Å². The predicted octanol–water partition coefficient (Wildman–Crippen LogP) is 3.71. The Morgan fingerprint density at radius 1 is 1.28 bits per heavy atom. The quantitative estimate of drug-likeness (QED) is 0.794. The maximum absolute atomic E-state index is 13.2. The lowest BCUT2D eigenvalue weighted by molar-refractivity contribution is -0.115. The van der Waals surface area contributed by atoms with E-state index in [0.717, 1.165) is 12.6 Å². The number of halogens is 1. The number of hydrogen-bond acceptors (Lipinski definition) is 5. The number of phenolic OH excluding ortho intramolecular Hbond substituents is 1. The van der Waals surface area contributed by atoms with Gasteiger partial charge in [-0.15, -0.1) is 0 Å². The molecular weight excluding hydrogens is 341 g/mol. The van der Waals surface area contributed by atoms with E-state index in [0.29, 0.717) is 16.6 Å². The molecule has 1 aliphatic rings. The maximum atomic E-state index is 13.2. The largest absolute Gasteiger partial charge is 0.507 e. The number of carbonyl (C=O) groups excluding carboxylic acids is 1. The van der Waals surface area contributed by atoms with E-state index in [-0.39, 0.29) is 17.2 Å². The van der Waals surface area contributed by atoms with Gasteiger partial charge in [-0.05, 0) is 50.1 Å². The van der Waals surface area contributed by atoms with E-state index in [9.17, 15) is 14.3 Å². The molecule has 1 fully saturated rings. The SMILES string of the molecule is CC.CC.CN(C)CCN=C1NC(=O)/C(=C\c2cc(F)ccc2O)S1. The van der Waals surface area contributed by atoms with Crippen LogP contribution in [-0.4, -0.2) is 48.3 Å². The molecule has 2 rings (SSSR count). The van der Waals surface area contributed by atoms with Crippen LogP contribution in [0.1, 0.15) is 33.3 Å². The summed E-state index contributed by atoms with van der Waals surface area (Å²) in [6.07, 6.45) is 1.45. The van der Waals surface area contributed by atoms with Crippen molar-refractivity contribution < 1.29 is 14.3 Å². The highest BCUT2D eigenvalue weighted by Gasteiger charge is 2.23. The first-order valence-electron chi connectivity index (χ1n) is 8.34. The smallest absolute Gasteiger partial charge is 0.264 e. The number of hydrogen-bond donors (Lipinski definition) is 2. The molecule has 0 saturated carbocycles. The summed E-state index contributed by atoms with van der Waals surface area (Å²) < 4.78 is 13.2. The molecule has 7 heteroatoms. The van der Waals surface area contributed by atoms with Crippen LogP contribution in [0, 0.1) is 5.82 Å². The molecule has 0 bridgehead atoms. The van der Waals surface area contributed by atoms with Crippen molar-refractivity contribution in [3.05, 3.63) is 34.5 Å². The van der Waals surface area contributed by atoms with E-state index in [1.165, 1.54) is 30.0 Å². The summed E-state index contributed by atoms with van der Waals surface area (Å²) in [6.45, 7) is 9.36. The summed E-state index contributed by atoms with van der Waals surface area (Å²) in [5.74, 6) is -0.842. The van der Waals surface area contributed by atoms with Gasteiger partial charge in [0.25, 0.3) is 5.91 Å². The van der Waals surface area contributed by atoms with Crippen molar-refractivity contribution in [3.8, 4) is 5.75 Å². The van der Waals surface area contributed by atoms with Crippen molar-refractivity contribution in [1.29, 1.82) is 0 Å². The summed E-state index contributed by atoms with van der Waals surface area (Å²) in [4.78, 5) is 18.5. The number of carbonyl (C=O) groups is 1. The first-order valence-corrected chi connectivity index (χ1v) is 9.16. The van der Waals surface area contributed by atoms with E-state index in [2.05, 4.69) is 10.3 Å². The summed E-state index contributed by atoms with van der Waals surface area (Å²) in [5, 5.41) is 12.8. The van der Waals surface area contributed by atoms with E-state index in [1.807, 2.05) is 46.7 Å². The summed E-state index contributed by atoms with van der Waals surface area (Å²) >= 11 is 1.18. The fourth-order valence-corrected chi connectivity index (χ4v) is 2.47. The van der Waals surface area contributed by atoms with E-state index in [1.54, 1.807) is 0 Å². The minimum Gasteiger partial charge on any atom is -0.507 e. The molecule has 1 aromatic carbocycles. The van der Waals surface area contributed by atoms with Crippen molar-refractivity contribution in [2.45, 2.75) is 27.7 Å². The van der Waals surface area contributed by atoms with Gasteiger partial charge in [-0.2, -0.15) is 0 Å². The van der Waals surface area contributed by atoms with Crippen LogP contribution in [0.2, 0.25) is 0 Å².